The van der Waals surface area contributed by atoms with Crippen LogP contribution >= 0.6 is 0 Å². The van der Waals surface area contributed by atoms with Gasteiger partial charge in [0.25, 0.3) is 5.91 Å². The van der Waals surface area contributed by atoms with E-state index in [9.17, 15) is 9.18 Å². The van der Waals surface area contributed by atoms with E-state index in [0.29, 0.717) is 36.5 Å². The fraction of sp³-hybridized carbons (Fsp3) is 0.312. The molecule has 0 bridgehead atoms. The van der Waals surface area contributed by atoms with Gasteiger partial charge in [-0.15, -0.1) is 10.2 Å². The number of carbonyl (C=O) groups excluding carboxylic acids is 1. The van der Waals surface area contributed by atoms with Crippen molar-refractivity contribution in [1.29, 1.82) is 0 Å². The number of morpholine rings is 1. The second-order valence-corrected chi connectivity index (χ2v) is 5.70. The van der Waals surface area contributed by atoms with Gasteiger partial charge in [0.05, 0.1) is 13.2 Å². The van der Waals surface area contributed by atoms with Crippen molar-refractivity contribution in [2.24, 2.45) is 7.05 Å². The third-order valence-electron chi connectivity index (χ3n) is 4.08. The van der Waals surface area contributed by atoms with Gasteiger partial charge in [0.15, 0.2) is 11.6 Å². The smallest absolute Gasteiger partial charge is 0.289 e. The van der Waals surface area contributed by atoms with E-state index in [0.717, 1.165) is 0 Å². The van der Waals surface area contributed by atoms with Gasteiger partial charge in [0.2, 0.25) is 0 Å². The molecule has 124 valence electrons. The van der Waals surface area contributed by atoms with Crippen molar-refractivity contribution in [2.75, 3.05) is 19.7 Å². The van der Waals surface area contributed by atoms with Crippen molar-refractivity contribution >= 4 is 16.9 Å². The summed E-state index contributed by atoms with van der Waals surface area (Å²) >= 11 is 0. The van der Waals surface area contributed by atoms with E-state index in [1.807, 2.05) is 7.05 Å². The summed E-state index contributed by atoms with van der Waals surface area (Å²) in [5, 5.41) is 8.44. The summed E-state index contributed by atoms with van der Waals surface area (Å²) in [5.74, 6) is 0.242. The van der Waals surface area contributed by atoms with Gasteiger partial charge in [-0.25, -0.2) is 4.39 Å². The summed E-state index contributed by atoms with van der Waals surface area (Å²) < 4.78 is 26.3. The molecular formula is C16H15FN4O3. The number of benzene rings is 1. The van der Waals surface area contributed by atoms with Crippen molar-refractivity contribution in [2.45, 2.75) is 6.10 Å². The Morgan fingerprint density at radius 1 is 1.38 bits per heavy atom. The van der Waals surface area contributed by atoms with E-state index in [1.165, 1.54) is 18.2 Å². The molecule has 0 N–H and O–H groups in total. The third-order valence-corrected chi connectivity index (χ3v) is 4.08. The van der Waals surface area contributed by atoms with Gasteiger partial charge in [-0.05, 0) is 24.3 Å². The lowest BCUT2D eigenvalue weighted by Crippen LogP contribution is -2.42. The van der Waals surface area contributed by atoms with Crippen LogP contribution in [-0.4, -0.2) is 45.3 Å². The van der Waals surface area contributed by atoms with Crippen LogP contribution in [0.15, 0.2) is 35.0 Å². The number of rotatable bonds is 2. The summed E-state index contributed by atoms with van der Waals surface area (Å²) in [6, 6.07) is 5.73. The monoisotopic (exact) mass is 330 g/mol. The molecule has 8 heteroatoms. The van der Waals surface area contributed by atoms with Crippen LogP contribution in [0.25, 0.3) is 11.0 Å². The fourth-order valence-corrected chi connectivity index (χ4v) is 2.85. The molecule has 1 fully saturated rings. The normalized spacial score (nSPS) is 18.2. The lowest BCUT2D eigenvalue weighted by molar-refractivity contribution is -0.0289. The minimum Gasteiger partial charge on any atom is -0.451 e. The number of amides is 1. The Bertz CT molecular complexity index is 904. The van der Waals surface area contributed by atoms with Crippen LogP contribution < -0.4 is 0 Å². The zero-order valence-corrected chi connectivity index (χ0v) is 13.0. The molecule has 0 unspecified atom stereocenters. The van der Waals surface area contributed by atoms with E-state index in [-0.39, 0.29) is 23.6 Å². The maximum absolute atomic E-state index is 13.3. The number of ether oxygens (including phenoxy) is 1. The highest BCUT2D eigenvalue weighted by molar-refractivity contribution is 5.96. The summed E-state index contributed by atoms with van der Waals surface area (Å²) in [5.41, 5.74) is 0.484. The highest BCUT2D eigenvalue weighted by Gasteiger charge is 2.30. The number of hydrogen-bond acceptors (Lipinski definition) is 5. The molecule has 0 saturated carbocycles. The topological polar surface area (TPSA) is 73.4 Å². The lowest BCUT2D eigenvalue weighted by atomic mass is 10.2. The first kappa shape index (κ1) is 14.8. The van der Waals surface area contributed by atoms with Gasteiger partial charge in [-0.3, -0.25) is 4.79 Å². The number of aromatic nitrogens is 3. The van der Waals surface area contributed by atoms with E-state index in [2.05, 4.69) is 10.2 Å². The van der Waals surface area contributed by atoms with Gasteiger partial charge in [-0.2, -0.15) is 0 Å². The van der Waals surface area contributed by atoms with Gasteiger partial charge in [0.1, 0.15) is 23.8 Å². The van der Waals surface area contributed by atoms with Crippen LogP contribution in [0.1, 0.15) is 22.5 Å². The first-order valence-corrected chi connectivity index (χ1v) is 7.55. The minimum absolute atomic E-state index is 0.189. The van der Waals surface area contributed by atoms with Gasteiger partial charge in [0, 0.05) is 19.0 Å². The van der Waals surface area contributed by atoms with Crippen molar-refractivity contribution < 1.29 is 18.3 Å². The molecule has 1 amide bonds. The molecule has 1 aliphatic heterocycles. The molecule has 3 heterocycles. The largest absolute Gasteiger partial charge is 0.451 e. The highest BCUT2D eigenvalue weighted by atomic mass is 19.1. The molecule has 7 nitrogen and oxygen atoms in total. The molecule has 1 atom stereocenters. The quantitative estimate of drug-likeness (QED) is 0.718. The fourth-order valence-electron chi connectivity index (χ4n) is 2.85. The van der Waals surface area contributed by atoms with Gasteiger partial charge < -0.3 is 18.6 Å². The number of furan rings is 1. The predicted octanol–water partition coefficient (Wildman–Crippen LogP) is 1.91. The Labute approximate surface area is 136 Å². The number of hydrogen-bond donors (Lipinski definition) is 0. The Kier molecular flexibility index (Phi) is 3.53. The summed E-state index contributed by atoms with van der Waals surface area (Å²) in [7, 11) is 1.83. The molecule has 0 radical (unpaired) electrons. The van der Waals surface area contributed by atoms with E-state index in [4.69, 9.17) is 9.15 Å². The first-order valence-electron chi connectivity index (χ1n) is 7.55. The van der Waals surface area contributed by atoms with Crippen LogP contribution in [-0.2, 0) is 11.8 Å². The van der Waals surface area contributed by atoms with Gasteiger partial charge >= 0.3 is 0 Å². The SMILES string of the molecule is Cn1cnnc1[C@@H]1CN(C(=O)c2cc3cc(F)ccc3o2)CCO1. The molecule has 4 rings (SSSR count). The Morgan fingerprint density at radius 2 is 2.25 bits per heavy atom. The summed E-state index contributed by atoms with van der Waals surface area (Å²) in [4.78, 5) is 14.3. The minimum atomic E-state index is -0.365. The van der Waals surface area contributed by atoms with Crippen LogP contribution in [0.2, 0.25) is 0 Å². The van der Waals surface area contributed by atoms with Crippen molar-refractivity contribution in [3.05, 3.63) is 48.0 Å². The lowest BCUT2D eigenvalue weighted by Gasteiger charge is -2.31. The molecule has 1 saturated heterocycles. The van der Waals surface area contributed by atoms with Crippen LogP contribution in [0, 0.1) is 5.82 Å². The highest BCUT2D eigenvalue weighted by Crippen LogP contribution is 2.24. The second-order valence-electron chi connectivity index (χ2n) is 5.70. The molecule has 3 aromatic rings. The summed E-state index contributed by atoms with van der Waals surface area (Å²) in [6.45, 7) is 1.22. The third kappa shape index (κ3) is 2.54. The number of aryl methyl sites for hydroxylation is 1. The van der Waals surface area contributed by atoms with Crippen molar-refractivity contribution in [3.63, 3.8) is 0 Å². The molecule has 0 aliphatic carbocycles. The van der Waals surface area contributed by atoms with Gasteiger partial charge in [-0.1, -0.05) is 0 Å². The number of halogens is 1. The first-order chi connectivity index (χ1) is 11.6. The van der Waals surface area contributed by atoms with E-state index >= 15 is 0 Å². The van der Waals surface area contributed by atoms with Crippen molar-refractivity contribution in [1.82, 2.24) is 19.7 Å². The number of carbonyl (C=O) groups is 1. The maximum atomic E-state index is 13.3. The summed E-state index contributed by atoms with van der Waals surface area (Å²) in [6.07, 6.45) is 1.25. The Balaban J connectivity index is 1.57. The van der Waals surface area contributed by atoms with Crippen LogP contribution in [0.3, 0.4) is 0 Å². The molecular weight excluding hydrogens is 315 g/mol. The van der Waals surface area contributed by atoms with E-state index in [1.54, 1.807) is 21.9 Å². The van der Waals surface area contributed by atoms with Crippen molar-refractivity contribution in [3.8, 4) is 0 Å². The Hall–Kier alpha value is -2.74. The number of fused-ring (bicyclic) bond motifs is 1. The average Bonchev–Trinajstić information content (AvgIpc) is 3.20. The van der Waals surface area contributed by atoms with Crippen LogP contribution in [0.4, 0.5) is 4.39 Å². The molecule has 0 spiro atoms. The predicted molar refractivity (Wildman–Crippen MR) is 81.8 cm³/mol. The maximum Gasteiger partial charge on any atom is 0.289 e. The molecule has 1 aliphatic rings. The zero-order valence-electron chi connectivity index (χ0n) is 13.0. The molecule has 1 aromatic carbocycles. The molecule has 2 aromatic heterocycles. The van der Waals surface area contributed by atoms with E-state index < -0.39 is 0 Å². The zero-order chi connectivity index (χ0) is 16.7. The number of nitrogens with zero attached hydrogens (tertiary/aromatic N) is 4. The van der Waals surface area contributed by atoms with Crippen LogP contribution in [0.5, 0.6) is 0 Å². The standard InChI is InChI=1S/C16H15FN4O3/c1-20-9-18-19-15(20)14-8-21(4-5-23-14)16(22)13-7-10-6-11(17)2-3-12(10)24-13/h2-3,6-7,9,14H,4-5,8H2,1H3/t14-/m0/s1. The average molecular weight is 330 g/mol. The molecule has 24 heavy (non-hydrogen) atoms. The second kappa shape index (κ2) is 5.72. The Morgan fingerprint density at radius 3 is 3.04 bits per heavy atom.